The van der Waals surface area contributed by atoms with Crippen LogP contribution >= 0.6 is 0 Å². The Hall–Kier alpha value is -1.40. The van der Waals surface area contributed by atoms with Crippen molar-refractivity contribution < 1.29 is 9.84 Å². The van der Waals surface area contributed by atoms with Crippen molar-refractivity contribution in [3.63, 3.8) is 0 Å². The Morgan fingerprint density at radius 3 is 3.06 bits per heavy atom. The summed E-state index contributed by atoms with van der Waals surface area (Å²) < 4.78 is 5.54. The molecular formula is C12H20N4O2. The van der Waals surface area contributed by atoms with Crippen LogP contribution in [0.25, 0.3) is 0 Å². The Bertz CT molecular complexity index is 413. The molecule has 1 fully saturated rings. The zero-order chi connectivity index (χ0) is 13.1. The third-order valence-electron chi connectivity index (χ3n) is 3.15. The molecule has 100 valence electrons. The van der Waals surface area contributed by atoms with Crippen LogP contribution in [0.15, 0.2) is 6.20 Å². The van der Waals surface area contributed by atoms with Crippen LogP contribution in [-0.2, 0) is 4.74 Å². The lowest BCUT2D eigenvalue weighted by Gasteiger charge is -2.38. The molecule has 1 aromatic rings. The number of nitrogens with one attached hydrogen (secondary N) is 1. The quantitative estimate of drug-likeness (QED) is 0.812. The van der Waals surface area contributed by atoms with Gasteiger partial charge >= 0.3 is 0 Å². The summed E-state index contributed by atoms with van der Waals surface area (Å²) in [6, 6.07) is 0.242. The predicted octanol–water partition coefficient (Wildman–Crippen LogP) is 0.413. The van der Waals surface area contributed by atoms with E-state index in [2.05, 4.69) is 27.1 Å². The van der Waals surface area contributed by atoms with Gasteiger partial charge in [-0.2, -0.15) is 4.98 Å². The molecule has 1 aromatic heterocycles. The first-order valence-electron chi connectivity index (χ1n) is 6.16. The van der Waals surface area contributed by atoms with Crippen molar-refractivity contribution in [2.45, 2.75) is 26.0 Å². The summed E-state index contributed by atoms with van der Waals surface area (Å²) in [5.74, 6) is 1.51. The maximum absolute atomic E-state index is 9.22. The van der Waals surface area contributed by atoms with Gasteiger partial charge in [0.05, 0.1) is 25.4 Å². The number of morpholine rings is 1. The van der Waals surface area contributed by atoms with E-state index in [1.807, 2.05) is 13.1 Å². The third kappa shape index (κ3) is 2.54. The van der Waals surface area contributed by atoms with Crippen molar-refractivity contribution in [2.24, 2.45) is 0 Å². The maximum atomic E-state index is 9.22. The second-order valence-electron chi connectivity index (χ2n) is 4.59. The largest absolute Gasteiger partial charge is 0.394 e. The van der Waals surface area contributed by atoms with Gasteiger partial charge in [0, 0.05) is 25.4 Å². The monoisotopic (exact) mass is 252 g/mol. The van der Waals surface area contributed by atoms with Gasteiger partial charge in [0.1, 0.15) is 5.82 Å². The first-order chi connectivity index (χ1) is 8.65. The molecule has 6 heteroatoms. The molecule has 0 bridgehead atoms. The Balaban J connectivity index is 2.27. The lowest BCUT2D eigenvalue weighted by atomic mass is 10.2. The molecule has 2 heterocycles. The standard InChI is InChI=1S/C12H20N4O2/c1-8-4-14-12(13-3)15-11(8)16-5-10(6-17)18-7-9(16)2/h4,9-10,17H,5-7H2,1-3H3,(H,13,14,15). The number of aryl methyl sites for hydroxylation is 1. The number of anilines is 2. The number of ether oxygens (including phenoxy) is 1. The smallest absolute Gasteiger partial charge is 0.224 e. The number of aromatic nitrogens is 2. The molecule has 2 unspecified atom stereocenters. The normalized spacial score (nSPS) is 24.1. The maximum Gasteiger partial charge on any atom is 0.224 e. The highest BCUT2D eigenvalue weighted by molar-refractivity contribution is 5.50. The predicted molar refractivity (Wildman–Crippen MR) is 69.9 cm³/mol. The number of aliphatic hydroxyl groups is 1. The van der Waals surface area contributed by atoms with Crippen LogP contribution in [0.5, 0.6) is 0 Å². The highest BCUT2D eigenvalue weighted by Crippen LogP contribution is 2.23. The highest BCUT2D eigenvalue weighted by Gasteiger charge is 2.27. The molecule has 0 saturated carbocycles. The van der Waals surface area contributed by atoms with E-state index in [4.69, 9.17) is 4.74 Å². The molecule has 1 saturated heterocycles. The molecule has 2 atom stereocenters. The van der Waals surface area contributed by atoms with Gasteiger partial charge in [0.15, 0.2) is 0 Å². The summed E-state index contributed by atoms with van der Waals surface area (Å²) in [4.78, 5) is 10.9. The van der Waals surface area contributed by atoms with Gasteiger partial charge < -0.3 is 20.1 Å². The van der Waals surface area contributed by atoms with E-state index in [-0.39, 0.29) is 18.8 Å². The van der Waals surface area contributed by atoms with Gasteiger partial charge in [-0.15, -0.1) is 0 Å². The summed E-state index contributed by atoms with van der Waals surface area (Å²) in [7, 11) is 1.80. The van der Waals surface area contributed by atoms with Gasteiger partial charge in [0.25, 0.3) is 0 Å². The van der Waals surface area contributed by atoms with Gasteiger partial charge in [-0.3, -0.25) is 0 Å². The van der Waals surface area contributed by atoms with Crippen molar-refractivity contribution in [3.8, 4) is 0 Å². The lowest BCUT2D eigenvalue weighted by Crippen LogP contribution is -2.50. The Morgan fingerprint density at radius 1 is 1.61 bits per heavy atom. The van der Waals surface area contributed by atoms with Crippen LogP contribution < -0.4 is 10.2 Å². The molecule has 2 rings (SSSR count). The summed E-state index contributed by atoms with van der Waals surface area (Å²) >= 11 is 0. The molecule has 0 spiro atoms. The number of rotatable bonds is 3. The van der Waals surface area contributed by atoms with Crippen molar-refractivity contribution in [1.82, 2.24) is 9.97 Å². The SMILES string of the molecule is CNc1ncc(C)c(N2CC(CO)OCC2C)n1. The van der Waals surface area contributed by atoms with E-state index in [1.165, 1.54) is 0 Å². The van der Waals surface area contributed by atoms with E-state index in [1.54, 1.807) is 7.05 Å². The Labute approximate surface area is 107 Å². The van der Waals surface area contributed by atoms with Gasteiger partial charge in [0.2, 0.25) is 5.95 Å². The topological polar surface area (TPSA) is 70.5 Å². The van der Waals surface area contributed by atoms with Crippen molar-refractivity contribution in [3.05, 3.63) is 11.8 Å². The first-order valence-corrected chi connectivity index (χ1v) is 6.16. The molecule has 2 N–H and O–H groups in total. The van der Waals surface area contributed by atoms with Crippen molar-refractivity contribution in [2.75, 3.05) is 37.0 Å². The van der Waals surface area contributed by atoms with Crippen molar-refractivity contribution >= 4 is 11.8 Å². The summed E-state index contributed by atoms with van der Waals surface area (Å²) in [6.45, 7) is 5.37. The van der Waals surface area contributed by atoms with Crippen LogP contribution in [-0.4, -0.2) is 54.0 Å². The number of hydrogen-bond acceptors (Lipinski definition) is 6. The van der Waals surface area contributed by atoms with Crippen LogP contribution in [0.3, 0.4) is 0 Å². The minimum atomic E-state index is -0.145. The number of nitrogens with zero attached hydrogens (tertiary/aromatic N) is 3. The molecule has 18 heavy (non-hydrogen) atoms. The highest BCUT2D eigenvalue weighted by atomic mass is 16.5. The summed E-state index contributed by atoms with van der Waals surface area (Å²) in [6.07, 6.45) is 1.67. The van der Waals surface area contributed by atoms with Gasteiger partial charge in [-0.1, -0.05) is 0 Å². The molecule has 0 amide bonds. The molecule has 1 aliphatic heterocycles. The zero-order valence-corrected chi connectivity index (χ0v) is 11.1. The minimum Gasteiger partial charge on any atom is -0.394 e. The Morgan fingerprint density at radius 2 is 2.39 bits per heavy atom. The van der Waals surface area contributed by atoms with E-state index >= 15 is 0 Å². The van der Waals surface area contributed by atoms with E-state index in [9.17, 15) is 5.11 Å². The molecule has 0 aliphatic carbocycles. The van der Waals surface area contributed by atoms with Crippen LogP contribution in [0, 0.1) is 6.92 Å². The summed E-state index contributed by atoms with van der Waals surface area (Å²) in [5.41, 5.74) is 1.03. The van der Waals surface area contributed by atoms with Crippen LogP contribution in [0.1, 0.15) is 12.5 Å². The van der Waals surface area contributed by atoms with Crippen molar-refractivity contribution in [1.29, 1.82) is 0 Å². The van der Waals surface area contributed by atoms with Gasteiger partial charge in [-0.05, 0) is 13.8 Å². The average Bonchev–Trinajstić information content (AvgIpc) is 2.40. The summed E-state index contributed by atoms with van der Waals surface area (Å²) in [5, 5.41) is 12.2. The molecule has 6 nitrogen and oxygen atoms in total. The fourth-order valence-electron chi connectivity index (χ4n) is 2.07. The second kappa shape index (κ2) is 5.49. The fourth-order valence-corrected chi connectivity index (χ4v) is 2.07. The third-order valence-corrected chi connectivity index (χ3v) is 3.15. The van der Waals surface area contributed by atoms with E-state index in [0.29, 0.717) is 19.1 Å². The van der Waals surface area contributed by atoms with Gasteiger partial charge in [-0.25, -0.2) is 4.98 Å². The lowest BCUT2D eigenvalue weighted by molar-refractivity contribution is -0.0106. The fraction of sp³-hybridized carbons (Fsp3) is 0.667. The number of aliphatic hydroxyl groups excluding tert-OH is 1. The minimum absolute atomic E-state index is 0.0340. The number of hydrogen-bond donors (Lipinski definition) is 2. The first kappa shape index (κ1) is 13.0. The average molecular weight is 252 g/mol. The van der Waals surface area contributed by atoms with E-state index < -0.39 is 0 Å². The molecular weight excluding hydrogens is 232 g/mol. The van der Waals surface area contributed by atoms with E-state index in [0.717, 1.165) is 11.4 Å². The molecule has 0 aromatic carbocycles. The molecule has 1 aliphatic rings. The zero-order valence-electron chi connectivity index (χ0n) is 11.1. The van der Waals surface area contributed by atoms with Crippen LogP contribution in [0.2, 0.25) is 0 Å². The Kier molecular flexibility index (Phi) is 3.98. The molecule has 0 radical (unpaired) electrons. The second-order valence-corrected chi connectivity index (χ2v) is 4.59. The van der Waals surface area contributed by atoms with Crippen LogP contribution in [0.4, 0.5) is 11.8 Å².